The van der Waals surface area contributed by atoms with E-state index in [4.69, 9.17) is 11.6 Å². The number of carboxylic acids is 1. The first-order valence-electron chi connectivity index (χ1n) is 10.7. The van der Waals surface area contributed by atoms with Crippen LogP contribution in [0.4, 0.5) is 10.1 Å². The number of nitrogens with one attached hydrogen (secondary N) is 1. The first-order valence-corrected chi connectivity index (χ1v) is 11.1. The third kappa shape index (κ3) is 4.52. The molecule has 1 atom stereocenters. The summed E-state index contributed by atoms with van der Waals surface area (Å²) in [4.78, 5) is 38.4. The summed E-state index contributed by atoms with van der Waals surface area (Å²) >= 11 is 5.84. The fraction of sp³-hybridized carbons (Fsp3) is 0.192. The average Bonchev–Trinajstić information content (AvgIpc) is 3.09. The van der Waals surface area contributed by atoms with Crippen molar-refractivity contribution in [3.8, 4) is 11.1 Å². The van der Waals surface area contributed by atoms with Crippen molar-refractivity contribution in [3.63, 3.8) is 0 Å². The summed E-state index contributed by atoms with van der Waals surface area (Å²) in [6.07, 6.45) is 0. The van der Waals surface area contributed by atoms with E-state index in [9.17, 15) is 23.9 Å². The molecule has 1 heterocycles. The molecule has 8 heteroatoms. The third-order valence-corrected chi connectivity index (χ3v) is 6.06. The zero-order valence-electron chi connectivity index (χ0n) is 18.5. The van der Waals surface area contributed by atoms with Gasteiger partial charge in [-0.05, 0) is 65.6 Å². The van der Waals surface area contributed by atoms with Gasteiger partial charge in [0.15, 0.2) is 0 Å². The number of anilines is 1. The molecular formula is C26H22ClFN2O4. The Kier molecular flexibility index (Phi) is 6.39. The van der Waals surface area contributed by atoms with Crippen LogP contribution in [-0.2, 0) is 11.3 Å². The number of carbonyl (C=O) groups is 3. The molecule has 0 aromatic heterocycles. The van der Waals surface area contributed by atoms with Crippen molar-refractivity contribution in [2.75, 3.05) is 5.32 Å². The van der Waals surface area contributed by atoms with E-state index in [1.165, 1.54) is 17.0 Å². The molecule has 2 N–H and O–H groups in total. The molecule has 4 rings (SSSR count). The molecule has 6 nitrogen and oxygen atoms in total. The van der Waals surface area contributed by atoms with Crippen LogP contribution >= 0.6 is 11.6 Å². The van der Waals surface area contributed by atoms with Crippen molar-refractivity contribution in [3.05, 3.63) is 88.2 Å². The lowest BCUT2D eigenvalue weighted by Crippen LogP contribution is -2.44. The minimum atomic E-state index is -1.06. The number of amides is 2. The lowest BCUT2D eigenvalue weighted by atomic mass is 9.99. The summed E-state index contributed by atoms with van der Waals surface area (Å²) in [5.41, 5.74) is 2.48. The lowest BCUT2D eigenvalue weighted by molar-refractivity contribution is -0.144. The molecule has 0 saturated heterocycles. The largest absolute Gasteiger partial charge is 0.480 e. The summed E-state index contributed by atoms with van der Waals surface area (Å²) in [7, 11) is 0. The van der Waals surface area contributed by atoms with E-state index in [2.05, 4.69) is 5.32 Å². The maximum absolute atomic E-state index is 15.0. The van der Waals surface area contributed by atoms with Crippen molar-refractivity contribution in [2.45, 2.75) is 26.4 Å². The van der Waals surface area contributed by atoms with Gasteiger partial charge in [-0.2, -0.15) is 0 Å². The van der Waals surface area contributed by atoms with Gasteiger partial charge in [0.25, 0.3) is 11.8 Å². The molecule has 0 bridgehead atoms. The summed E-state index contributed by atoms with van der Waals surface area (Å²) in [6.45, 7) is 3.70. The molecule has 3 aromatic carbocycles. The summed E-state index contributed by atoms with van der Waals surface area (Å²) in [5, 5.41) is 12.7. The van der Waals surface area contributed by atoms with Gasteiger partial charge >= 0.3 is 5.97 Å². The lowest BCUT2D eigenvalue weighted by Gasteiger charge is -2.27. The second kappa shape index (κ2) is 9.27. The van der Waals surface area contributed by atoms with E-state index < -0.39 is 23.7 Å². The molecule has 0 aliphatic carbocycles. The first kappa shape index (κ1) is 23.4. The highest BCUT2D eigenvalue weighted by molar-refractivity contribution is 6.30. The normalized spacial score (nSPS) is 13.7. The van der Waals surface area contributed by atoms with Gasteiger partial charge in [0.2, 0.25) is 0 Å². The fourth-order valence-corrected chi connectivity index (χ4v) is 4.25. The molecule has 0 saturated carbocycles. The Morgan fingerprint density at radius 1 is 1.03 bits per heavy atom. The maximum atomic E-state index is 15.0. The van der Waals surface area contributed by atoms with Gasteiger partial charge in [-0.1, -0.05) is 37.6 Å². The van der Waals surface area contributed by atoms with Crippen LogP contribution in [0.3, 0.4) is 0 Å². The van der Waals surface area contributed by atoms with Crippen LogP contribution < -0.4 is 5.32 Å². The molecule has 1 aliphatic heterocycles. The predicted octanol–water partition coefficient (Wildman–Crippen LogP) is 5.46. The van der Waals surface area contributed by atoms with Crippen molar-refractivity contribution in [1.29, 1.82) is 0 Å². The molecule has 0 spiro atoms. The zero-order chi connectivity index (χ0) is 24.6. The fourth-order valence-electron chi connectivity index (χ4n) is 4.13. The summed E-state index contributed by atoms with van der Waals surface area (Å²) in [5.74, 6) is -2.67. The topological polar surface area (TPSA) is 86.7 Å². The van der Waals surface area contributed by atoms with E-state index in [0.717, 1.165) is 0 Å². The average molecular weight is 481 g/mol. The highest BCUT2D eigenvalue weighted by Gasteiger charge is 2.38. The first-order chi connectivity index (χ1) is 16.2. The molecule has 1 aliphatic rings. The Balaban J connectivity index is 1.56. The van der Waals surface area contributed by atoms with Gasteiger partial charge in [-0.15, -0.1) is 0 Å². The second-order valence-corrected chi connectivity index (χ2v) is 8.92. The van der Waals surface area contributed by atoms with Crippen LogP contribution in [0.1, 0.15) is 40.1 Å². The third-order valence-electron chi connectivity index (χ3n) is 5.81. The molecule has 0 radical (unpaired) electrons. The van der Waals surface area contributed by atoms with Gasteiger partial charge in [0.05, 0.1) is 0 Å². The number of halogens is 2. The number of carbonyl (C=O) groups excluding carboxylic acids is 2. The van der Waals surface area contributed by atoms with Gasteiger partial charge < -0.3 is 15.3 Å². The Hall–Kier alpha value is -3.71. The van der Waals surface area contributed by atoms with E-state index >= 15 is 0 Å². The number of nitrogens with zero attached hydrogens (tertiary/aromatic N) is 1. The van der Waals surface area contributed by atoms with Crippen molar-refractivity contribution in [2.24, 2.45) is 5.92 Å². The maximum Gasteiger partial charge on any atom is 0.326 e. The van der Waals surface area contributed by atoms with Crippen LogP contribution in [0, 0.1) is 11.7 Å². The zero-order valence-corrected chi connectivity index (χ0v) is 19.3. The van der Waals surface area contributed by atoms with Crippen LogP contribution in [-0.4, -0.2) is 33.8 Å². The van der Waals surface area contributed by atoms with Crippen molar-refractivity contribution in [1.82, 2.24) is 4.90 Å². The Bertz CT molecular complexity index is 1290. The highest BCUT2D eigenvalue weighted by Crippen LogP contribution is 2.33. The number of aliphatic carboxylic acids is 1. The van der Waals surface area contributed by atoms with Crippen LogP contribution in [0.5, 0.6) is 0 Å². The van der Waals surface area contributed by atoms with Crippen molar-refractivity contribution >= 4 is 35.1 Å². The van der Waals surface area contributed by atoms with Gasteiger partial charge in [0, 0.05) is 33.9 Å². The smallest absolute Gasteiger partial charge is 0.326 e. The van der Waals surface area contributed by atoms with Gasteiger partial charge in [-0.25, -0.2) is 9.18 Å². The van der Waals surface area contributed by atoms with Gasteiger partial charge in [0.1, 0.15) is 11.9 Å². The molecule has 0 unspecified atom stereocenters. The second-order valence-electron chi connectivity index (χ2n) is 8.49. The monoisotopic (exact) mass is 480 g/mol. The van der Waals surface area contributed by atoms with E-state index in [0.29, 0.717) is 27.3 Å². The summed E-state index contributed by atoms with van der Waals surface area (Å²) < 4.78 is 15.0. The Labute approximate surface area is 201 Å². The number of fused-ring (bicyclic) bond motifs is 1. The Morgan fingerprint density at radius 2 is 1.74 bits per heavy atom. The predicted molar refractivity (Wildman–Crippen MR) is 127 cm³/mol. The standard InChI is InChI=1S/C26H22ClFN2O4/c1-14(2)23(26(33)34)30-13-17-4-3-16(11-21(17)25(30)32)20-10-9-19(12-22(20)28)29-24(31)15-5-7-18(27)8-6-15/h3-12,14,23H,13H2,1-2H3,(H,29,31)(H,33,34)/t23-/m0/s1. The number of hydrogen-bond acceptors (Lipinski definition) is 3. The SMILES string of the molecule is CC(C)[C@@H](C(=O)O)N1Cc2ccc(-c3ccc(NC(=O)c4ccc(Cl)cc4)cc3F)cc2C1=O. The van der Waals surface area contributed by atoms with Crippen LogP contribution in [0.2, 0.25) is 5.02 Å². The minimum Gasteiger partial charge on any atom is -0.480 e. The number of benzene rings is 3. The summed E-state index contributed by atoms with van der Waals surface area (Å²) in [6, 6.07) is 14.7. The highest BCUT2D eigenvalue weighted by atomic mass is 35.5. The number of hydrogen-bond donors (Lipinski definition) is 2. The minimum absolute atomic E-state index is 0.196. The Morgan fingerprint density at radius 3 is 2.35 bits per heavy atom. The number of carboxylic acid groups (broad SMARTS) is 1. The molecule has 0 fully saturated rings. The number of rotatable bonds is 6. The van der Waals surface area contributed by atoms with E-state index in [1.54, 1.807) is 62.4 Å². The van der Waals surface area contributed by atoms with Gasteiger partial charge in [-0.3, -0.25) is 9.59 Å². The van der Waals surface area contributed by atoms with Crippen LogP contribution in [0.15, 0.2) is 60.7 Å². The molecule has 3 aromatic rings. The van der Waals surface area contributed by atoms with Crippen molar-refractivity contribution < 1.29 is 23.9 Å². The van der Waals surface area contributed by atoms with E-state index in [1.807, 2.05) is 0 Å². The molecule has 34 heavy (non-hydrogen) atoms. The molecule has 2 amide bonds. The quantitative estimate of drug-likeness (QED) is 0.490. The molecule has 174 valence electrons. The molecular weight excluding hydrogens is 459 g/mol. The van der Waals surface area contributed by atoms with Crippen LogP contribution in [0.25, 0.3) is 11.1 Å². The van der Waals surface area contributed by atoms with E-state index in [-0.39, 0.29) is 29.6 Å².